The zero-order chi connectivity index (χ0) is 13.0. The summed E-state index contributed by atoms with van der Waals surface area (Å²) in [5.74, 6) is 0.789. The maximum Gasteiger partial charge on any atom is 0.306 e. The van der Waals surface area contributed by atoms with E-state index in [4.69, 9.17) is 9.47 Å². The first-order valence-electron chi connectivity index (χ1n) is 6.61. The van der Waals surface area contributed by atoms with Gasteiger partial charge in [-0.1, -0.05) is 19.4 Å². The Morgan fingerprint density at radius 3 is 3.00 bits per heavy atom. The molecule has 1 aliphatic carbocycles. The molecule has 0 amide bonds. The van der Waals surface area contributed by atoms with Gasteiger partial charge < -0.3 is 9.47 Å². The second-order valence-corrected chi connectivity index (χ2v) is 4.69. The minimum atomic E-state index is -0.0782. The smallest absolute Gasteiger partial charge is 0.306 e. The predicted molar refractivity (Wildman–Crippen MR) is 69.7 cm³/mol. The monoisotopic (exact) mass is 248 g/mol. The lowest BCUT2D eigenvalue weighted by Gasteiger charge is -2.13. The van der Waals surface area contributed by atoms with E-state index in [1.165, 1.54) is 5.56 Å². The summed E-state index contributed by atoms with van der Waals surface area (Å²) in [6.45, 7) is 2.07. The molecule has 1 atom stereocenters. The molecule has 2 rings (SSSR count). The molecule has 3 nitrogen and oxygen atoms in total. The maximum absolute atomic E-state index is 11.6. The topological polar surface area (TPSA) is 35.5 Å². The van der Waals surface area contributed by atoms with Crippen LogP contribution in [0.25, 0.3) is 0 Å². The van der Waals surface area contributed by atoms with Crippen LogP contribution >= 0.6 is 0 Å². The first-order valence-corrected chi connectivity index (χ1v) is 6.61. The van der Waals surface area contributed by atoms with Crippen LogP contribution in [0.4, 0.5) is 0 Å². The Morgan fingerprint density at radius 1 is 1.44 bits per heavy atom. The Balaban J connectivity index is 2.01. The molecule has 1 unspecified atom stereocenters. The van der Waals surface area contributed by atoms with Crippen LogP contribution in [-0.2, 0) is 16.0 Å². The molecule has 1 aromatic rings. The van der Waals surface area contributed by atoms with Gasteiger partial charge in [0.25, 0.3) is 0 Å². The molecule has 98 valence electrons. The van der Waals surface area contributed by atoms with Crippen molar-refractivity contribution in [1.82, 2.24) is 0 Å². The van der Waals surface area contributed by atoms with Crippen molar-refractivity contribution in [3.8, 4) is 5.75 Å². The van der Waals surface area contributed by atoms with E-state index in [1.54, 1.807) is 7.11 Å². The Hall–Kier alpha value is -1.51. The van der Waals surface area contributed by atoms with E-state index in [0.717, 1.165) is 37.0 Å². The van der Waals surface area contributed by atoms with E-state index in [2.05, 4.69) is 6.92 Å². The first-order chi connectivity index (χ1) is 8.74. The number of unbranched alkanes of at least 4 members (excludes halogenated alkanes) is 1. The molecular formula is C15H20O3. The standard InChI is InChI=1S/C15H20O3/c1-3-4-5-15(16)18-14-9-6-11-10-12(17-2)7-8-13(11)14/h7-8,10,14H,3-6,9H2,1-2H3. The van der Waals surface area contributed by atoms with Gasteiger partial charge in [-0.05, 0) is 42.5 Å². The van der Waals surface area contributed by atoms with Crippen LogP contribution in [0.15, 0.2) is 18.2 Å². The summed E-state index contributed by atoms with van der Waals surface area (Å²) in [6.07, 6.45) is 4.24. The fraction of sp³-hybridized carbons (Fsp3) is 0.533. The Kier molecular flexibility index (Phi) is 4.24. The van der Waals surface area contributed by atoms with Crippen molar-refractivity contribution in [2.24, 2.45) is 0 Å². The summed E-state index contributed by atoms with van der Waals surface area (Å²) in [4.78, 5) is 11.6. The van der Waals surface area contributed by atoms with Crippen molar-refractivity contribution in [3.05, 3.63) is 29.3 Å². The van der Waals surface area contributed by atoms with E-state index >= 15 is 0 Å². The van der Waals surface area contributed by atoms with Crippen molar-refractivity contribution < 1.29 is 14.3 Å². The van der Waals surface area contributed by atoms with Crippen LogP contribution in [0.5, 0.6) is 5.75 Å². The van der Waals surface area contributed by atoms with E-state index in [0.29, 0.717) is 6.42 Å². The lowest BCUT2D eigenvalue weighted by Crippen LogP contribution is -2.08. The fourth-order valence-electron chi connectivity index (χ4n) is 2.34. The highest BCUT2D eigenvalue weighted by Crippen LogP contribution is 2.36. The molecule has 0 N–H and O–H groups in total. The number of carbonyl (C=O) groups is 1. The average molecular weight is 248 g/mol. The van der Waals surface area contributed by atoms with Crippen LogP contribution < -0.4 is 4.74 Å². The number of fused-ring (bicyclic) bond motifs is 1. The van der Waals surface area contributed by atoms with Crippen molar-refractivity contribution >= 4 is 5.97 Å². The highest BCUT2D eigenvalue weighted by molar-refractivity contribution is 5.69. The molecule has 0 fully saturated rings. The molecule has 0 aliphatic heterocycles. The van der Waals surface area contributed by atoms with Gasteiger partial charge in [-0.15, -0.1) is 0 Å². The van der Waals surface area contributed by atoms with Gasteiger partial charge in [0.2, 0.25) is 0 Å². The number of esters is 1. The van der Waals surface area contributed by atoms with Gasteiger partial charge in [-0.25, -0.2) is 0 Å². The van der Waals surface area contributed by atoms with Crippen LogP contribution in [0, 0.1) is 0 Å². The van der Waals surface area contributed by atoms with E-state index in [-0.39, 0.29) is 12.1 Å². The third-order valence-corrected chi connectivity index (χ3v) is 3.38. The van der Waals surface area contributed by atoms with Gasteiger partial charge in [0, 0.05) is 6.42 Å². The lowest BCUT2D eigenvalue weighted by molar-refractivity contribution is -0.149. The molecule has 0 bridgehead atoms. The zero-order valence-corrected chi connectivity index (χ0v) is 11.1. The van der Waals surface area contributed by atoms with Crippen molar-refractivity contribution in [2.45, 2.75) is 45.1 Å². The molecule has 18 heavy (non-hydrogen) atoms. The highest BCUT2D eigenvalue weighted by Gasteiger charge is 2.25. The predicted octanol–water partition coefficient (Wildman–Crippen LogP) is 3.42. The summed E-state index contributed by atoms with van der Waals surface area (Å²) in [5, 5.41) is 0. The first kappa shape index (κ1) is 12.9. The molecule has 0 spiro atoms. The third-order valence-electron chi connectivity index (χ3n) is 3.38. The highest BCUT2D eigenvalue weighted by atomic mass is 16.5. The summed E-state index contributed by atoms with van der Waals surface area (Å²) >= 11 is 0. The Bertz CT molecular complexity index is 426. The number of ether oxygens (including phenoxy) is 2. The number of benzene rings is 1. The molecule has 0 radical (unpaired) electrons. The SMILES string of the molecule is CCCCC(=O)OC1CCc2cc(OC)ccc21. The third kappa shape index (κ3) is 2.84. The van der Waals surface area contributed by atoms with Gasteiger partial charge in [-0.2, -0.15) is 0 Å². The van der Waals surface area contributed by atoms with Gasteiger partial charge in [0.1, 0.15) is 11.9 Å². The van der Waals surface area contributed by atoms with Gasteiger partial charge in [0.05, 0.1) is 7.11 Å². The summed E-state index contributed by atoms with van der Waals surface area (Å²) in [6, 6.07) is 5.98. The van der Waals surface area contributed by atoms with Crippen molar-refractivity contribution in [3.63, 3.8) is 0 Å². The number of hydrogen-bond acceptors (Lipinski definition) is 3. The van der Waals surface area contributed by atoms with E-state index < -0.39 is 0 Å². The van der Waals surface area contributed by atoms with E-state index in [1.807, 2.05) is 18.2 Å². The fourth-order valence-corrected chi connectivity index (χ4v) is 2.34. The molecule has 0 saturated carbocycles. The molecule has 0 heterocycles. The molecule has 1 aromatic carbocycles. The molecule has 0 saturated heterocycles. The van der Waals surface area contributed by atoms with Gasteiger partial charge in [0.15, 0.2) is 0 Å². The maximum atomic E-state index is 11.6. The van der Waals surface area contributed by atoms with Crippen LogP contribution in [-0.4, -0.2) is 13.1 Å². The summed E-state index contributed by atoms with van der Waals surface area (Å²) in [7, 11) is 1.67. The normalized spacial score (nSPS) is 17.3. The molecule has 1 aliphatic rings. The largest absolute Gasteiger partial charge is 0.497 e. The van der Waals surface area contributed by atoms with Crippen LogP contribution in [0.3, 0.4) is 0 Å². The summed E-state index contributed by atoms with van der Waals surface area (Å²) in [5.41, 5.74) is 2.38. The van der Waals surface area contributed by atoms with Crippen LogP contribution in [0.1, 0.15) is 49.8 Å². The van der Waals surface area contributed by atoms with Crippen LogP contribution in [0.2, 0.25) is 0 Å². The quantitative estimate of drug-likeness (QED) is 0.749. The van der Waals surface area contributed by atoms with E-state index in [9.17, 15) is 4.79 Å². The van der Waals surface area contributed by atoms with Crippen molar-refractivity contribution in [2.75, 3.05) is 7.11 Å². The minimum Gasteiger partial charge on any atom is -0.497 e. The molecular weight excluding hydrogens is 228 g/mol. The van der Waals surface area contributed by atoms with Gasteiger partial charge >= 0.3 is 5.97 Å². The Labute approximate surface area is 108 Å². The summed E-state index contributed by atoms with van der Waals surface area (Å²) < 4.78 is 10.7. The number of hydrogen-bond donors (Lipinski definition) is 0. The van der Waals surface area contributed by atoms with Gasteiger partial charge in [-0.3, -0.25) is 4.79 Å². The lowest BCUT2D eigenvalue weighted by atomic mass is 10.1. The number of carbonyl (C=O) groups excluding carboxylic acids is 1. The second kappa shape index (κ2) is 5.89. The zero-order valence-electron chi connectivity index (χ0n) is 11.1. The van der Waals surface area contributed by atoms with Crippen molar-refractivity contribution in [1.29, 1.82) is 0 Å². The average Bonchev–Trinajstić information content (AvgIpc) is 2.78. The number of rotatable bonds is 5. The Morgan fingerprint density at radius 2 is 2.28 bits per heavy atom. The molecule has 0 aromatic heterocycles. The number of aryl methyl sites for hydroxylation is 1. The molecule has 3 heteroatoms. The number of methoxy groups -OCH3 is 1. The minimum absolute atomic E-state index is 0.0599. The second-order valence-electron chi connectivity index (χ2n) is 4.69.